The maximum atomic E-state index is 11.0. The minimum Gasteiger partial charge on any atom is -0.458 e. The summed E-state index contributed by atoms with van der Waals surface area (Å²) in [7, 11) is 0. The van der Waals surface area contributed by atoms with E-state index in [-0.39, 0.29) is 24.2 Å². The van der Waals surface area contributed by atoms with Crippen molar-refractivity contribution in [3.63, 3.8) is 0 Å². The van der Waals surface area contributed by atoms with Crippen molar-refractivity contribution in [2.45, 2.75) is 63.2 Å². The van der Waals surface area contributed by atoms with Gasteiger partial charge in [0.15, 0.2) is 35.7 Å². The first kappa shape index (κ1) is 19.6. The zero-order valence-electron chi connectivity index (χ0n) is 16.7. The van der Waals surface area contributed by atoms with Crippen molar-refractivity contribution in [3.8, 4) is 0 Å². The molecule has 0 unspecified atom stereocenters. The molecule has 0 radical (unpaired) electrons. The molecule has 2 aliphatic rings. The monoisotopic (exact) mass is 430 g/mol. The second-order valence-electron chi connectivity index (χ2n) is 7.70. The van der Waals surface area contributed by atoms with Crippen LogP contribution in [0.1, 0.15) is 49.7 Å². The van der Waals surface area contributed by atoms with Gasteiger partial charge in [-0.15, -0.1) is 0 Å². The zero-order chi connectivity index (χ0) is 21.5. The zero-order valence-corrected chi connectivity index (χ0v) is 16.7. The fraction of sp³-hybridized carbons (Fsp3) is 0.556. The van der Waals surface area contributed by atoms with Crippen molar-refractivity contribution < 1.29 is 23.9 Å². The number of carbonyl (C=O) groups is 1. The molecule has 164 valence electrons. The van der Waals surface area contributed by atoms with E-state index in [0.717, 1.165) is 25.7 Å². The van der Waals surface area contributed by atoms with Crippen molar-refractivity contribution in [1.29, 1.82) is 0 Å². The molecule has 31 heavy (non-hydrogen) atoms. The van der Waals surface area contributed by atoms with Crippen molar-refractivity contribution in [1.82, 2.24) is 29.7 Å². The van der Waals surface area contributed by atoms with Gasteiger partial charge in [-0.05, 0) is 19.8 Å². The number of aromatic nitrogens is 6. The first-order valence-corrected chi connectivity index (χ1v) is 10.0. The summed E-state index contributed by atoms with van der Waals surface area (Å²) < 4.78 is 17.8. The van der Waals surface area contributed by atoms with E-state index in [1.54, 1.807) is 6.92 Å². The Morgan fingerprint density at radius 3 is 2.84 bits per heavy atom. The molecule has 0 bridgehead atoms. The molecule has 2 fully saturated rings. The Bertz CT molecular complexity index is 1090. The van der Waals surface area contributed by atoms with Crippen LogP contribution < -0.4 is 11.1 Å². The van der Waals surface area contributed by atoms with Crippen LogP contribution in [0.15, 0.2) is 10.9 Å². The molecule has 1 aliphatic heterocycles. The number of carbonyl (C=O) groups excluding carboxylic acids is 1. The van der Waals surface area contributed by atoms with Gasteiger partial charge in [-0.25, -0.2) is 4.98 Å². The number of hydrogen-bond donors (Lipinski definition) is 3. The van der Waals surface area contributed by atoms with Gasteiger partial charge in [0.05, 0.1) is 6.33 Å². The average molecular weight is 430 g/mol. The van der Waals surface area contributed by atoms with Gasteiger partial charge in [-0.3, -0.25) is 9.36 Å². The lowest BCUT2D eigenvalue weighted by Crippen LogP contribution is -2.31. The van der Waals surface area contributed by atoms with Crippen LogP contribution in [0.4, 0.5) is 11.8 Å². The molecule has 4 heterocycles. The SMILES string of the molecule is Cc1noc([C@H]2O[C@@H](n3cnc4c(N)nc(NC5CCCC5)nc43)[C@H](O)[C@@H]2OC=O)n1. The Balaban J connectivity index is 1.50. The van der Waals surface area contributed by atoms with Crippen LogP contribution in [0.3, 0.4) is 0 Å². The lowest BCUT2D eigenvalue weighted by molar-refractivity contribution is -0.140. The molecule has 13 nitrogen and oxygen atoms in total. The quantitative estimate of drug-likeness (QED) is 0.465. The lowest BCUT2D eigenvalue weighted by atomic mass is 10.1. The van der Waals surface area contributed by atoms with Gasteiger partial charge in [0.2, 0.25) is 5.95 Å². The van der Waals surface area contributed by atoms with E-state index in [9.17, 15) is 9.90 Å². The summed E-state index contributed by atoms with van der Waals surface area (Å²) >= 11 is 0. The van der Waals surface area contributed by atoms with Crippen molar-refractivity contribution in [3.05, 3.63) is 18.0 Å². The molecule has 1 aliphatic carbocycles. The lowest BCUT2D eigenvalue weighted by Gasteiger charge is -2.18. The molecule has 5 rings (SSSR count). The molecule has 0 spiro atoms. The van der Waals surface area contributed by atoms with E-state index in [0.29, 0.717) is 22.9 Å². The first-order chi connectivity index (χ1) is 15.0. The Hall–Kier alpha value is -3.32. The van der Waals surface area contributed by atoms with Gasteiger partial charge in [0.1, 0.15) is 11.6 Å². The minimum absolute atomic E-state index is 0.0908. The fourth-order valence-corrected chi connectivity index (χ4v) is 4.16. The van der Waals surface area contributed by atoms with Crippen LogP contribution in [0.25, 0.3) is 11.2 Å². The van der Waals surface area contributed by atoms with Crippen molar-refractivity contribution >= 4 is 29.4 Å². The number of nitrogen functional groups attached to an aromatic ring is 1. The Kier molecular flexibility index (Phi) is 4.90. The van der Waals surface area contributed by atoms with E-state index in [2.05, 4.69) is 30.4 Å². The molecule has 13 heteroatoms. The number of ether oxygens (including phenoxy) is 2. The number of nitrogens with two attached hydrogens (primary N) is 1. The predicted octanol–water partition coefficient (Wildman–Crippen LogP) is 0.627. The Morgan fingerprint density at radius 1 is 1.32 bits per heavy atom. The van der Waals surface area contributed by atoms with E-state index < -0.39 is 24.5 Å². The van der Waals surface area contributed by atoms with Crippen LogP contribution in [-0.4, -0.2) is 59.5 Å². The van der Waals surface area contributed by atoms with Crippen molar-refractivity contribution in [2.75, 3.05) is 11.1 Å². The van der Waals surface area contributed by atoms with Crippen LogP contribution in [0, 0.1) is 6.92 Å². The summed E-state index contributed by atoms with van der Waals surface area (Å²) in [6.07, 6.45) is 1.59. The maximum absolute atomic E-state index is 11.0. The molecule has 0 amide bonds. The molecule has 4 atom stereocenters. The number of aliphatic hydroxyl groups excluding tert-OH is 1. The molecule has 1 saturated heterocycles. The van der Waals surface area contributed by atoms with E-state index in [1.165, 1.54) is 10.9 Å². The molecule has 4 N–H and O–H groups in total. The number of nitrogens with one attached hydrogen (secondary N) is 1. The number of nitrogens with zero attached hydrogens (tertiary/aromatic N) is 6. The highest BCUT2D eigenvalue weighted by Crippen LogP contribution is 2.41. The van der Waals surface area contributed by atoms with Gasteiger partial charge in [-0.2, -0.15) is 15.0 Å². The third kappa shape index (κ3) is 3.45. The van der Waals surface area contributed by atoms with Gasteiger partial charge in [0.25, 0.3) is 12.4 Å². The third-order valence-corrected chi connectivity index (χ3v) is 5.62. The number of rotatable bonds is 6. The summed E-state index contributed by atoms with van der Waals surface area (Å²) in [5.41, 5.74) is 6.85. The molecule has 0 aromatic carbocycles. The van der Waals surface area contributed by atoms with Crippen molar-refractivity contribution in [2.24, 2.45) is 0 Å². The Morgan fingerprint density at radius 2 is 2.13 bits per heavy atom. The number of imidazole rings is 1. The standard InChI is InChI=1S/C18H22N8O5/c1-8-21-16(31-25-8)13-12(29-7-27)11(28)17(30-13)26-6-20-10-14(19)23-18(24-15(10)26)22-9-4-2-3-5-9/h6-7,9,11-13,17,28H,2-5H2,1H3,(H3,19,22,23,24)/t11-,12+,13+,17-/m1/s1. The maximum Gasteiger partial charge on any atom is 0.293 e. The largest absolute Gasteiger partial charge is 0.458 e. The number of hydrogen-bond acceptors (Lipinski definition) is 12. The first-order valence-electron chi connectivity index (χ1n) is 10.0. The summed E-state index contributed by atoms with van der Waals surface area (Å²) in [5, 5.41) is 17.9. The molecule has 1 saturated carbocycles. The third-order valence-electron chi connectivity index (χ3n) is 5.62. The van der Waals surface area contributed by atoms with Crippen LogP contribution in [0.5, 0.6) is 0 Å². The van der Waals surface area contributed by atoms with E-state index in [1.807, 2.05) is 0 Å². The molecule has 3 aromatic rings. The van der Waals surface area contributed by atoms with Gasteiger partial charge >= 0.3 is 0 Å². The van der Waals surface area contributed by atoms with Crippen LogP contribution in [0.2, 0.25) is 0 Å². The highest BCUT2D eigenvalue weighted by atomic mass is 16.6. The molecular weight excluding hydrogens is 408 g/mol. The average Bonchev–Trinajstić information content (AvgIpc) is 3.52. The number of anilines is 2. The number of aliphatic hydroxyl groups is 1. The fourth-order valence-electron chi connectivity index (χ4n) is 4.16. The highest BCUT2D eigenvalue weighted by Gasteiger charge is 2.50. The second kappa shape index (κ2) is 7.74. The highest BCUT2D eigenvalue weighted by molar-refractivity contribution is 5.83. The van der Waals surface area contributed by atoms with Crippen LogP contribution in [-0.2, 0) is 14.3 Å². The topological polar surface area (TPSA) is 176 Å². The summed E-state index contributed by atoms with van der Waals surface area (Å²) in [6, 6.07) is 0.289. The van der Waals surface area contributed by atoms with Gasteiger partial charge in [-0.1, -0.05) is 18.0 Å². The number of aryl methyl sites for hydroxylation is 1. The van der Waals surface area contributed by atoms with E-state index in [4.69, 9.17) is 19.7 Å². The normalized spacial score (nSPS) is 26.5. The minimum atomic E-state index is -1.25. The van der Waals surface area contributed by atoms with Gasteiger partial charge in [0, 0.05) is 6.04 Å². The summed E-state index contributed by atoms with van der Waals surface area (Å²) in [5.74, 6) is 1.07. The second-order valence-corrected chi connectivity index (χ2v) is 7.70. The number of fused-ring (bicyclic) bond motifs is 1. The molecule has 3 aromatic heterocycles. The van der Waals surface area contributed by atoms with E-state index >= 15 is 0 Å². The predicted molar refractivity (Wildman–Crippen MR) is 104 cm³/mol. The smallest absolute Gasteiger partial charge is 0.293 e. The van der Waals surface area contributed by atoms with Crippen LogP contribution >= 0.6 is 0 Å². The summed E-state index contributed by atoms with van der Waals surface area (Å²) in [6.45, 7) is 1.89. The Labute approximate surface area is 176 Å². The summed E-state index contributed by atoms with van der Waals surface area (Å²) in [4.78, 5) is 28.3. The van der Waals surface area contributed by atoms with Gasteiger partial charge < -0.3 is 30.2 Å². The molecular formula is C18H22N8O5.